The second-order valence-electron chi connectivity index (χ2n) is 3.76. The van der Waals surface area contributed by atoms with E-state index in [-0.39, 0.29) is 0 Å². The van der Waals surface area contributed by atoms with Gasteiger partial charge in [0.2, 0.25) is 0 Å². The molecule has 0 aliphatic heterocycles. The molecule has 1 nitrogen and oxygen atoms in total. The zero-order valence-corrected chi connectivity index (χ0v) is 9.59. The van der Waals surface area contributed by atoms with Gasteiger partial charge >= 0.3 is 0 Å². The minimum atomic E-state index is 0.419. The fraction of sp³-hybridized carbons (Fsp3) is 0.385. The third-order valence-corrected chi connectivity index (χ3v) is 2.59. The van der Waals surface area contributed by atoms with Gasteiger partial charge in [-0.15, -0.1) is 0 Å². The van der Waals surface area contributed by atoms with Gasteiger partial charge in [0.15, 0.2) is 0 Å². The quantitative estimate of drug-likeness (QED) is 0.606. The average molecular weight is 189 g/mol. The molecule has 1 aromatic rings. The highest BCUT2D eigenvalue weighted by atomic mass is 15.0. The largest absolute Gasteiger partial charge is 0.339 e. The van der Waals surface area contributed by atoms with Gasteiger partial charge < -0.3 is 4.57 Å². The van der Waals surface area contributed by atoms with Crippen molar-refractivity contribution in [2.24, 2.45) is 0 Å². The van der Waals surface area contributed by atoms with Crippen molar-refractivity contribution in [2.45, 2.75) is 33.7 Å². The first-order valence-corrected chi connectivity index (χ1v) is 5.05. The number of rotatable bonds is 1. The normalized spacial score (nSPS) is 14.4. The van der Waals surface area contributed by atoms with Gasteiger partial charge in [-0.25, -0.2) is 0 Å². The van der Waals surface area contributed by atoms with E-state index < -0.39 is 0 Å². The smallest absolute Gasteiger partial charge is 0.0417 e. The zero-order valence-electron chi connectivity index (χ0n) is 9.59. The Labute approximate surface area is 85.4 Å². The summed E-state index contributed by atoms with van der Waals surface area (Å²) in [6.07, 6.45) is 4.20. The van der Waals surface area contributed by atoms with Crippen LogP contribution in [0.5, 0.6) is 0 Å². The van der Waals surface area contributed by atoms with Gasteiger partial charge in [-0.2, -0.15) is 0 Å². The van der Waals surface area contributed by atoms with Gasteiger partial charge in [0, 0.05) is 27.2 Å². The first-order chi connectivity index (χ1) is 6.54. The van der Waals surface area contributed by atoms with Gasteiger partial charge in [0.05, 0.1) is 0 Å². The van der Waals surface area contributed by atoms with E-state index in [4.69, 9.17) is 0 Å². The van der Waals surface area contributed by atoms with Gasteiger partial charge in [-0.05, 0) is 27.7 Å². The molecule has 76 valence electrons. The van der Waals surface area contributed by atoms with Crippen LogP contribution in [0.3, 0.4) is 0 Å². The molecule has 0 spiro atoms. The lowest BCUT2D eigenvalue weighted by Gasteiger charge is -2.07. The molecule has 0 saturated carbocycles. The summed E-state index contributed by atoms with van der Waals surface area (Å²) in [7, 11) is 0. The van der Waals surface area contributed by atoms with Crippen molar-refractivity contribution < 1.29 is 0 Å². The van der Waals surface area contributed by atoms with E-state index in [1.54, 1.807) is 0 Å². The Morgan fingerprint density at radius 2 is 1.36 bits per heavy atom. The summed E-state index contributed by atoms with van der Waals surface area (Å²) in [4.78, 5) is 0. The van der Waals surface area contributed by atoms with Crippen LogP contribution < -0.4 is 21.1 Å². The van der Waals surface area contributed by atoms with Crippen LogP contribution in [0.4, 0.5) is 0 Å². The highest BCUT2D eigenvalue weighted by Gasteiger charge is 2.02. The number of aromatic nitrogens is 1. The summed E-state index contributed by atoms with van der Waals surface area (Å²) in [5.41, 5.74) is 0. The maximum Gasteiger partial charge on any atom is 0.0417 e. The molecule has 0 aromatic carbocycles. The van der Waals surface area contributed by atoms with Gasteiger partial charge in [-0.3, -0.25) is 0 Å². The average Bonchev–Trinajstić information content (AvgIpc) is 2.36. The van der Waals surface area contributed by atoms with E-state index in [2.05, 4.69) is 43.7 Å². The van der Waals surface area contributed by atoms with E-state index >= 15 is 0 Å². The lowest BCUT2D eigenvalue weighted by molar-refractivity contribution is 0.574. The van der Waals surface area contributed by atoms with Gasteiger partial charge in [0.1, 0.15) is 0 Å². The van der Waals surface area contributed by atoms with Crippen LogP contribution in [0.2, 0.25) is 0 Å². The number of hydrogen-bond donors (Lipinski definition) is 0. The maximum absolute atomic E-state index is 4.11. The van der Waals surface area contributed by atoms with Crippen molar-refractivity contribution in [3.05, 3.63) is 21.1 Å². The van der Waals surface area contributed by atoms with E-state index in [0.29, 0.717) is 6.04 Å². The minimum Gasteiger partial charge on any atom is -0.339 e. The molecule has 1 heterocycles. The first-order valence-electron chi connectivity index (χ1n) is 5.05. The predicted molar refractivity (Wildman–Crippen MR) is 64.6 cm³/mol. The molecule has 0 atom stereocenters. The molecule has 0 amide bonds. The molecule has 0 fully saturated rings. The van der Waals surface area contributed by atoms with Crippen molar-refractivity contribution in [3.8, 4) is 0 Å². The summed E-state index contributed by atoms with van der Waals surface area (Å²) in [5.74, 6) is 0. The molecule has 0 unspecified atom stereocenters. The lowest BCUT2D eigenvalue weighted by atomic mass is 10.3. The fourth-order valence-electron chi connectivity index (χ4n) is 2.00. The molecule has 14 heavy (non-hydrogen) atoms. The summed E-state index contributed by atoms with van der Waals surface area (Å²) >= 11 is 0. The zero-order chi connectivity index (χ0) is 10.9. The Balaban J connectivity index is 3.96. The van der Waals surface area contributed by atoms with Crippen LogP contribution >= 0.6 is 0 Å². The number of nitrogens with zero attached hydrogens (tertiary/aromatic N) is 1. The van der Waals surface area contributed by atoms with E-state index in [1.807, 2.05) is 13.8 Å². The summed E-state index contributed by atoms with van der Waals surface area (Å²) in [6.45, 7) is 16.6. The van der Waals surface area contributed by atoms with Crippen LogP contribution in [0.1, 0.15) is 33.7 Å². The Bertz CT molecular complexity index is 484. The van der Waals surface area contributed by atoms with Crippen LogP contribution in [0.15, 0.2) is 0 Å². The Hall–Kier alpha value is -1.24. The highest BCUT2D eigenvalue weighted by Crippen LogP contribution is 1.91. The Morgan fingerprint density at radius 1 is 1.00 bits per heavy atom. The molecular formula is C13H19N. The van der Waals surface area contributed by atoms with Crippen molar-refractivity contribution in [1.29, 1.82) is 0 Å². The van der Waals surface area contributed by atoms with E-state index in [0.717, 1.165) is 10.7 Å². The molecule has 1 heteroatoms. The molecule has 0 saturated heterocycles. The van der Waals surface area contributed by atoms with Crippen LogP contribution in [0, 0.1) is 0 Å². The first kappa shape index (κ1) is 10.8. The standard InChI is InChI=1S/C13H19N/c1-7-12-10(5)14(9(3)4)11(6)13(12)8-2/h7-9H,5-6H2,1-4H3/b12-7-,13-8-. The fourth-order valence-corrected chi connectivity index (χ4v) is 2.00. The SMILES string of the molecule is C=c1c(=C/C)/c(=C\C)c(=C)n1C(C)C. The Morgan fingerprint density at radius 3 is 1.57 bits per heavy atom. The molecule has 0 aliphatic rings. The second-order valence-corrected chi connectivity index (χ2v) is 3.76. The topological polar surface area (TPSA) is 4.93 Å². The number of hydrogen-bond acceptors (Lipinski definition) is 0. The predicted octanol–water partition coefficient (Wildman–Crippen LogP) is 0.490. The van der Waals surface area contributed by atoms with Gasteiger partial charge in [0.25, 0.3) is 0 Å². The van der Waals surface area contributed by atoms with E-state index in [9.17, 15) is 0 Å². The second kappa shape index (κ2) is 3.87. The van der Waals surface area contributed by atoms with Crippen LogP contribution in [0.25, 0.3) is 25.3 Å². The summed E-state index contributed by atoms with van der Waals surface area (Å²) in [6, 6.07) is 0.419. The third kappa shape index (κ3) is 1.43. The molecule has 0 radical (unpaired) electrons. The molecule has 1 aromatic heterocycles. The maximum atomic E-state index is 4.11. The monoisotopic (exact) mass is 189 g/mol. The van der Waals surface area contributed by atoms with Crippen LogP contribution in [-0.4, -0.2) is 4.57 Å². The molecule has 1 rings (SSSR count). The minimum absolute atomic E-state index is 0.419. The lowest BCUT2D eigenvalue weighted by Crippen LogP contribution is -2.35. The van der Waals surface area contributed by atoms with E-state index in [1.165, 1.54) is 10.4 Å². The molecule has 0 N–H and O–H groups in total. The van der Waals surface area contributed by atoms with Crippen molar-refractivity contribution >= 4 is 25.3 Å². The summed E-state index contributed by atoms with van der Waals surface area (Å²) in [5, 5.41) is 4.57. The summed E-state index contributed by atoms with van der Waals surface area (Å²) < 4.78 is 2.19. The van der Waals surface area contributed by atoms with Crippen LogP contribution in [-0.2, 0) is 0 Å². The third-order valence-electron chi connectivity index (χ3n) is 2.59. The molecule has 0 bridgehead atoms. The van der Waals surface area contributed by atoms with Crippen molar-refractivity contribution in [2.75, 3.05) is 0 Å². The highest BCUT2D eigenvalue weighted by molar-refractivity contribution is 5.31. The molecular weight excluding hydrogens is 170 g/mol. The van der Waals surface area contributed by atoms with Crippen molar-refractivity contribution in [1.82, 2.24) is 4.57 Å². The molecule has 0 aliphatic carbocycles. The van der Waals surface area contributed by atoms with Crippen molar-refractivity contribution in [3.63, 3.8) is 0 Å². The Kier molecular flexibility index (Phi) is 3.00. The van der Waals surface area contributed by atoms with Gasteiger partial charge in [-0.1, -0.05) is 25.3 Å².